The molecule has 0 fully saturated rings. The van der Waals surface area contributed by atoms with Crippen LogP contribution in [-0.2, 0) is 20.6 Å². The molecule has 3 aromatic rings. The number of carbonyl (C=O) groups is 1. The molecule has 0 aliphatic heterocycles. The van der Waals surface area contributed by atoms with E-state index in [2.05, 4.69) is 50.4 Å². The minimum Gasteiger partial charge on any atom is -0.405 e. The highest BCUT2D eigenvalue weighted by Gasteiger charge is 2.50. The van der Waals surface area contributed by atoms with Crippen LogP contribution in [0, 0.1) is 0 Å². The highest BCUT2D eigenvalue weighted by Crippen LogP contribution is 2.37. The van der Waals surface area contributed by atoms with Crippen molar-refractivity contribution in [3.05, 3.63) is 96.6 Å². The number of carbonyl (C=O) groups excluding carboxylic acids is 1. The van der Waals surface area contributed by atoms with E-state index in [0.29, 0.717) is 6.61 Å². The molecule has 0 bridgehead atoms. The van der Waals surface area contributed by atoms with Crippen molar-refractivity contribution in [3.63, 3.8) is 0 Å². The normalized spacial score (nSPS) is 13.7. The first-order chi connectivity index (χ1) is 16.8. The minimum atomic E-state index is -2.79. The molecule has 5 nitrogen and oxygen atoms in total. The van der Waals surface area contributed by atoms with Crippen molar-refractivity contribution in [2.45, 2.75) is 51.5 Å². The third-order valence-corrected chi connectivity index (χ3v) is 11.2. The van der Waals surface area contributed by atoms with Gasteiger partial charge in [0.05, 0.1) is 25.9 Å². The van der Waals surface area contributed by atoms with Gasteiger partial charge in [-0.3, -0.25) is 4.79 Å². The summed E-state index contributed by atoms with van der Waals surface area (Å²) < 4.78 is 13.3. The fourth-order valence-electron chi connectivity index (χ4n) is 4.54. The van der Waals surface area contributed by atoms with Crippen LogP contribution in [0.1, 0.15) is 33.3 Å². The molecule has 0 saturated heterocycles. The first-order valence-electron chi connectivity index (χ1n) is 12.1. The largest absolute Gasteiger partial charge is 0.405 e. The Morgan fingerprint density at radius 2 is 1.37 bits per heavy atom. The summed E-state index contributed by atoms with van der Waals surface area (Å²) in [4.78, 5) is 11.9. The van der Waals surface area contributed by atoms with Crippen LogP contribution in [0.2, 0.25) is 5.04 Å². The number of aliphatic hydroxyl groups is 1. The maximum absolute atomic E-state index is 11.9. The second-order valence-electron chi connectivity index (χ2n) is 9.80. The molecule has 6 heteroatoms. The van der Waals surface area contributed by atoms with Gasteiger partial charge in [-0.25, -0.2) is 0 Å². The number of hydrogen-bond donors (Lipinski definition) is 2. The Labute approximate surface area is 210 Å². The summed E-state index contributed by atoms with van der Waals surface area (Å²) in [5.74, 6) is -0.220. The fourth-order valence-corrected chi connectivity index (χ4v) is 9.11. The number of rotatable bonds is 11. The second-order valence-corrected chi connectivity index (χ2v) is 14.1. The highest BCUT2D eigenvalue weighted by molar-refractivity contribution is 6.99. The Kier molecular flexibility index (Phi) is 9.40. The highest BCUT2D eigenvalue weighted by atomic mass is 28.4. The molecule has 0 saturated carbocycles. The Morgan fingerprint density at radius 3 is 1.80 bits per heavy atom. The first-order valence-corrected chi connectivity index (χ1v) is 14.0. The molecule has 0 heterocycles. The van der Waals surface area contributed by atoms with E-state index >= 15 is 0 Å². The standard InChI is InChI=1S/C29H37NO4Si/c1-23(32)30-27(20-31)28(33-21-24-14-8-5-9-15-24)22-34-35(29(2,3)4,25-16-10-6-11-17-25)26-18-12-7-13-19-26/h5-19,27-28,31H,20-22H2,1-4H3,(H,30,32)/t27-,28-/m1/s1. The molecule has 0 radical (unpaired) electrons. The van der Waals surface area contributed by atoms with E-state index in [0.717, 1.165) is 5.56 Å². The third-order valence-electron chi connectivity index (χ3n) is 6.22. The molecule has 3 rings (SSSR count). The zero-order chi connectivity index (χ0) is 25.3. The van der Waals surface area contributed by atoms with Crippen LogP contribution >= 0.6 is 0 Å². The van der Waals surface area contributed by atoms with Crippen molar-refractivity contribution in [2.75, 3.05) is 13.2 Å². The number of nitrogens with one attached hydrogen (secondary N) is 1. The maximum Gasteiger partial charge on any atom is 0.261 e. The van der Waals surface area contributed by atoms with Crippen LogP contribution in [0.4, 0.5) is 0 Å². The second kappa shape index (κ2) is 12.3. The van der Waals surface area contributed by atoms with Gasteiger partial charge in [0, 0.05) is 6.92 Å². The molecule has 186 valence electrons. The van der Waals surface area contributed by atoms with Crippen molar-refractivity contribution in [2.24, 2.45) is 0 Å². The SMILES string of the molecule is CC(=O)N[C@H](CO)[C@@H](CO[Si](c1ccccc1)(c1ccccc1)C(C)(C)C)OCc1ccccc1. The lowest BCUT2D eigenvalue weighted by Gasteiger charge is -2.44. The lowest BCUT2D eigenvalue weighted by molar-refractivity contribution is -0.122. The van der Waals surface area contributed by atoms with E-state index in [1.165, 1.54) is 17.3 Å². The summed E-state index contributed by atoms with van der Waals surface area (Å²) >= 11 is 0. The van der Waals surface area contributed by atoms with Crippen LogP contribution < -0.4 is 15.7 Å². The van der Waals surface area contributed by atoms with E-state index in [1.54, 1.807) is 0 Å². The van der Waals surface area contributed by atoms with E-state index < -0.39 is 20.5 Å². The number of aliphatic hydroxyl groups excluding tert-OH is 1. The fraction of sp³-hybridized carbons (Fsp3) is 0.345. The number of ether oxygens (including phenoxy) is 1. The molecule has 0 unspecified atom stereocenters. The van der Waals surface area contributed by atoms with Gasteiger partial charge in [-0.2, -0.15) is 0 Å². The monoisotopic (exact) mass is 491 g/mol. The van der Waals surface area contributed by atoms with E-state index in [9.17, 15) is 9.90 Å². The molecule has 0 aromatic heterocycles. The smallest absolute Gasteiger partial charge is 0.261 e. The molecule has 0 aliphatic rings. The van der Waals surface area contributed by atoms with Gasteiger partial charge in [0.2, 0.25) is 5.91 Å². The molecule has 1 amide bonds. The molecule has 0 spiro atoms. The lowest BCUT2D eigenvalue weighted by atomic mass is 10.1. The summed E-state index contributed by atoms with van der Waals surface area (Å²) in [5.41, 5.74) is 1.02. The van der Waals surface area contributed by atoms with E-state index in [-0.39, 0.29) is 24.2 Å². The van der Waals surface area contributed by atoms with Gasteiger partial charge in [0.1, 0.15) is 6.10 Å². The molecule has 0 aliphatic carbocycles. The number of amides is 1. The molecule has 2 atom stereocenters. The van der Waals surface area contributed by atoms with E-state index in [4.69, 9.17) is 9.16 Å². The maximum atomic E-state index is 11.9. The van der Waals surface area contributed by atoms with Crippen molar-refractivity contribution in [1.29, 1.82) is 0 Å². The van der Waals surface area contributed by atoms with Crippen molar-refractivity contribution in [3.8, 4) is 0 Å². The summed E-state index contributed by atoms with van der Waals surface area (Å²) in [6.07, 6.45) is -0.536. The van der Waals surface area contributed by atoms with Gasteiger partial charge in [0.15, 0.2) is 0 Å². The average Bonchev–Trinajstić information content (AvgIpc) is 2.86. The van der Waals surface area contributed by atoms with Gasteiger partial charge >= 0.3 is 0 Å². The predicted octanol–water partition coefficient (Wildman–Crippen LogP) is 3.65. The van der Waals surface area contributed by atoms with Gasteiger partial charge in [-0.15, -0.1) is 0 Å². The average molecular weight is 492 g/mol. The van der Waals surface area contributed by atoms with Gasteiger partial charge in [-0.1, -0.05) is 112 Å². The van der Waals surface area contributed by atoms with Crippen molar-refractivity contribution >= 4 is 24.6 Å². The Balaban J connectivity index is 1.99. The summed E-state index contributed by atoms with van der Waals surface area (Å²) in [5, 5.41) is 15.1. The van der Waals surface area contributed by atoms with Crippen molar-refractivity contribution < 1.29 is 19.1 Å². The summed E-state index contributed by atoms with van der Waals surface area (Å²) in [7, 11) is -2.79. The van der Waals surface area contributed by atoms with Crippen LogP contribution in [-0.4, -0.2) is 44.7 Å². The van der Waals surface area contributed by atoms with Crippen molar-refractivity contribution in [1.82, 2.24) is 5.32 Å². The van der Waals surface area contributed by atoms with Gasteiger partial charge in [-0.05, 0) is 21.0 Å². The molecule has 2 N–H and O–H groups in total. The topological polar surface area (TPSA) is 67.8 Å². The zero-order valence-corrected chi connectivity index (χ0v) is 22.1. The summed E-state index contributed by atoms with van der Waals surface area (Å²) in [6.45, 7) is 8.43. The molecule has 3 aromatic carbocycles. The predicted molar refractivity (Wildman–Crippen MR) is 143 cm³/mol. The van der Waals surface area contributed by atoms with Crippen LogP contribution in [0.5, 0.6) is 0 Å². The number of hydrogen-bond acceptors (Lipinski definition) is 4. The molecule has 35 heavy (non-hydrogen) atoms. The Hall–Kier alpha value is -2.77. The van der Waals surface area contributed by atoms with Gasteiger partial charge in [0.25, 0.3) is 8.32 Å². The van der Waals surface area contributed by atoms with E-state index in [1.807, 2.05) is 66.7 Å². The van der Waals surface area contributed by atoms with Crippen LogP contribution in [0.3, 0.4) is 0 Å². The zero-order valence-electron chi connectivity index (χ0n) is 21.1. The minimum absolute atomic E-state index is 0.192. The van der Waals surface area contributed by atoms with Crippen LogP contribution in [0.25, 0.3) is 0 Å². The first kappa shape index (κ1) is 26.8. The Morgan fingerprint density at radius 1 is 0.886 bits per heavy atom. The number of benzene rings is 3. The molecular weight excluding hydrogens is 454 g/mol. The Bertz CT molecular complexity index is 999. The van der Waals surface area contributed by atoms with Gasteiger partial charge < -0.3 is 19.6 Å². The third kappa shape index (κ3) is 6.67. The lowest BCUT2D eigenvalue weighted by Crippen LogP contribution is -2.67. The summed E-state index contributed by atoms with van der Waals surface area (Å²) in [6, 6.07) is 30.1. The van der Waals surface area contributed by atoms with Crippen LogP contribution in [0.15, 0.2) is 91.0 Å². The molecular formula is C29H37NO4Si. The quantitative estimate of drug-likeness (QED) is 0.402.